The van der Waals surface area contributed by atoms with E-state index in [0.29, 0.717) is 37.1 Å². The molecule has 0 unspecified atom stereocenters. The first-order valence-corrected chi connectivity index (χ1v) is 13.0. The van der Waals surface area contributed by atoms with Gasteiger partial charge < -0.3 is 4.90 Å². The van der Waals surface area contributed by atoms with Gasteiger partial charge in [0.25, 0.3) is 0 Å². The van der Waals surface area contributed by atoms with Crippen LogP contribution in [0.3, 0.4) is 0 Å². The lowest BCUT2D eigenvalue weighted by Crippen LogP contribution is -2.62. The first kappa shape index (κ1) is 24.2. The number of halogens is 5. The molecular formula is C25H25ClF4N8. The van der Waals surface area contributed by atoms with Gasteiger partial charge in [0.15, 0.2) is 11.6 Å². The number of hydrogen-bond donors (Lipinski definition) is 0. The highest BCUT2D eigenvalue weighted by Crippen LogP contribution is 2.56. The van der Waals surface area contributed by atoms with Gasteiger partial charge in [-0.2, -0.15) is 13.2 Å². The number of likely N-dealkylation sites (tertiary alicyclic amines) is 1. The molecule has 8 nitrogen and oxygen atoms in total. The van der Waals surface area contributed by atoms with Gasteiger partial charge in [0, 0.05) is 55.1 Å². The zero-order chi connectivity index (χ0) is 26.2. The molecule has 7 rings (SSSR count). The Bertz CT molecular complexity index is 1360. The Balaban J connectivity index is 1.09. The summed E-state index contributed by atoms with van der Waals surface area (Å²) in [5, 5.41) is 9.78. The van der Waals surface area contributed by atoms with E-state index < -0.39 is 18.5 Å². The molecule has 38 heavy (non-hydrogen) atoms. The monoisotopic (exact) mass is 548 g/mol. The number of alkyl halides is 3. The Hall–Kier alpha value is -2.83. The van der Waals surface area contributed by atoms with Crippen LogP contribution in [0.15, 0.2) is 30.6 Å². The molecule has 1 aromatic carbocycles. The molecule has 0 radical (unpaired) electrons. The van der Waals surface area contributed by atoms with Crippen LogP contribution in [0.25, 0.3) is 5.69 Å². The fourth-order valence-electron chi connectivity index (χ4n) is 6.53. The molecule has 0 atom stereocenters. The van der Waals surface area contributed by atoms with E-state index in [1.807, 2.05) is 18.2 Å². The van der Waals surface area contributed by atoms with E-state index in [4.69, 9.17) is 11.6 Å². The highest BCUT2D eigenvalue weighted by molar-refractivity contribution is 6.30. The zero-order valence-electron chi connectivity index (χ0n) is 20.4. The van der Waals surface area contributed by atoms with Crippen LogP contribution in [0, 0.1) is 11.2 Å². The quantitative estimate of drug-likeness (QED) is 0.460. The van der Waals surface area contributed by atoms with Gasteiger partial charge in [-0.15, -0.1) is 10.2 Å². The van der Waals surface area contributed by atoms with E-state index in [1.165, 1.54) is 17.3 Å². The highest BCUT2D eigenvalue weighted by atomic mass is 35.5. The van der Waals surface area contributed by atoms with Crippen molar-refractivity contribution in [2.45, 2.75) is 44.1 Å². The number of aromatic nitrogens is 5. The summed E-state index contributed by atoms with van der Waals surface area (Å²) in [7, 11) is 0. The topological polar surface area (TPSA) is 66.2 Å². The summed E-state index contributed by atoms with van der Waals surface area (Å²) in [5.41, 5.74) is 2.17. The smallest absolute Gasteiger partial charge is 0.340 e. The van der Waals surface area contributed by atoms with E-state index in [1.54, 1.807) is 0 Å². The molecule has 4 aliphatic rings. The Morgan fingerprint density at radius 3 is 2.47 bits per heavy atom. The standard InChI is InChI=1S/C25H25ClF4N8/c26-17-1-2-20-15(3-17)8-36(19-9-35(10-19)14-25(28,29)30)11-21-33-34-22(38(20)21)16-4-24(5-16)12-37(13-24)23-31-6-18(27)7-32-23/h1-3,6-7,16,19H,4-5,8-14H2. The maximum absolute atomic E-state index is 13.2. The fourth-order valence-corrected chi connectivity index (χ4v) is 6.72. The molecule has 1 spiro atoms. The highest BCUT2D eigenvalue weighted by Gasteiger charge is 2.55. The third-order valence-electron chi connectivity index (χ3n) is 8.28. The van der Waals surface area contributed by atoms with Crippen LogP contribution in [-0.2, 0) is 13.1 Å². The Labute approximate surface area is 221 Å². The van der Waals surface area contributed by atoms with E-state index in [2.05, 4.69) is 34.5 Å². The van der Waals surface area contributed by atoms with Gasteiger partial charge in [-0.3, -0.25) is 14.4 Å². The summed E-state index contributed by atoms with van der Waals surface area (Å²) in [6, 6.07) is 5.79. The van der Waals surface area contributed by atoms with E-state index in [9.17, 15) is 17.6 Å². The first-order chi connectivity index (χ1) is 18.1. The molecule has 2 aromatic heterocycles. The number of nitrogens with zero attached hydrogens (tertiary/aromatic N) is 8. The molecule has 1 aliphatic carbocycles. The molecule has 13 heteroatoms. The molecule has 3 aromatic rings. The SMILES string of the molecule is Fc1cnc(N2CC3(CC(c4nnc5n4-c4ccc(Cl)cc4CN(C4CN(CC(F)(F)F)C4)C5)C3)C2)nc1. The average molecular weight is 549 g/mol. The van der Waals surface area contributed by atoms with Crippen LogP contribution in [0.1, 0.15) is 36.0 Å². The Morgan fingerprint density at radius 1 is 1.03 bits per heavy atom. The van der Waals surface area contributed by atoms with Crippen LogP contribution in [-0.4, -0.2) is 79.5 Å². The van der Waals surface area contributed by atoms with Gasteiger partial charge in [-0.05, 0) is 36.6 Å². The normalized spacial score (nSPS) is 21.9. The van der Waals surface area contributed by atoms with Gasteiger partial charge >= 0.3 is 6.18 Å². The number of benzene rings is 1. The summed E-state index contributed by atoms with van der Waals surface area (Å²) in [5.74, 6) is 2.06. The minimum atomic E-state index is -4.19. The first-order valence-electron chi connectivity index (χ1n) is 12.6. The van der Waals surface area contributed by atoms with Crippen molar-refractivity contribution in [2.24, 2.45) is 5.41 Å². The second kappa shape index (κ2) is 8.59. The molecule has 5 heterocycles. The van der Waals surface area contributed by atoms with Gasteiger partial charge in [0.1, 0.15) is 5.82 Å². The second-order valence-corrected chi connectivity index (χ2v) is 11.5. The van der Waals surface area contributed by atoms with Crippen molar-refractivity contribution in [3.05, 3.63) is 58.6 Å². The molecule has 3 fully saturated rings. The molecule has 0 amide bonds. The number of hydrogen-bond acceptors (Lipinski definition) is 7. The summed E-state index contributed by atoms with van der Waals surface area (Å²) < 4.78 is 53.7. The number of rotatable bonds is 4. The predicted molar refractivity (Wildman–Crippen MR) is 131 cm³/mol. The van der Waals surface area contributed by atoms with Gasteiger partial charge in [0.05, 0.1) is 31.2 Å². The van der Waals surface area contributed by atoms with Crippen molar-refractivity contribution >= 4 is 17.5 Å². The van der Waals surface area contributed by atoms with E-state index >= 15 is 0 Å². The van der Waals surface area contributed by atoms with Crippen molar-refractivity contribution in [3.63, 3.8) is 0 Å². The predicted octanol–water partition coefficient (Wildman–Crippen LogP) is 3.80. The largest absolute Gasteiger partial charge is 0.401 e. The lowest BCUT2D eigenvalue weighted by atomic mass is 9.57. The summed E-state index contributed by atoms with van der Waals surface area (Å²) >= 11 is 6.35. The van der Waals surface area contributed by atoms with Crippen molar-refractivity contribution in [3.8, 4) is 5.69 Å². The third kappa shape index (κ3) is 4.22. The minimum Gasteiger partial charge on any atom is -0.340 e. The molecule has 0 N–H and O–H groups in total. The maximum Gasteiger partial charge on any atom is 0.401 e. The van der Waals surface area contributed by atoms with Crippen LogP contribution >= 0.6 is 11.6 Å². The van der Waals surface area contributed by atoms with E-state index in [-0.39, 0.29) is 17.4 Å². The molecular weight excluding hydrogens is 524 g/mol. The number of anilines is 1. The molecule has 1 saturated carbocycles. The summed E-state index contributed by atoms with van der Waals surface area (Å²) in [6.07, 6.45) is 0.108. The molecule has 3 aliphatic heterocycles. The molecule has 0 bridgehead atoms. The van der Waals surface area contributed by atoms with Gasteiger partial charge in [-0.25, -0.2) is 14.4 Å². The average Bonchev–Trinajstić information content (AvgIpc) is 3.10. The van der Waals surface area contributed by atoms with Crippen LogP contribution in [0.4, 0.5) is 23.5 Å². The fraction of sp³-hybridized carbons (Fsp3) is 0.520. The van der Waals surface area contributed by atoms with Gasteiger partial charge in [-0.1, -0.05) is 11.6 Å². The third-order valence-corrected chi connectivity index (χ3v) is 8.51. The van der Waals surface area contributed by atoms with Gasteiger partial charge in [0.2, 0.25) is 5.95 Å². The van der Waals surface area contributed by atoms with Crippen LogP contribution < -0.4 is 4.90 Å². The second-order valence-electron chi connectivity index (χ2n) is 11.1. The summed E-state index contributed by atoms with van der Waals surface area (Å²) in [4.78, 5) is 13.9. The van der Waals surface area contributed by atoms with Crippen LogP contribution in [0.5, 0.6) is 0 Å². The van der Waals surface area contributed by atoms with Crippen molar-refractivity contribution < 1.29 is 17.6 Å². The lowest BCUT2D eigenvalue weighted by molar-refractivity contribution is -0.161. The summed E-state index contributed by atoms with van der Waals surface area (Å²) in [6.45, 7) is 2.61. The lowest BCUT2D eigenvalue weighted by Gasteiger charge is -2.58. The zero-order valence-corrected chi connectivity index (χ0v) is 21.1. The van der Waals surface area contributed by atoms with Crippen molar-refractivity contribution in [1.82, 2.24) is 34.5 Å². The maximum atomic E-state index is 13.2. The van der Waals surface area contributed by atoms with Crippen molar-refractivity contribution in [1.29, 1.82) is 0 Å². The Kier molecular flexibility index (Phi) is 5.47. The molecule has 200 valence electrons. The minimum absolute atomic E-state index is 0.0116. The molecule has 2 saturated heterocycles. The van der Waals surface area contributed by atoms with Crippen molar-refractivity contribution in [2.75, 3.05) is 37.6 Å². The van der Waals surface area contributed by atoms with E-state index in [0.717, 1.165) is 48.8 Å². The Morgan fingerprint density at radius 2 is 1.76 bits per heavy atom. The number of fused-ring (bicyclic) bond motifs is 3. The van der Waals surface area contributed by atoms with Crippen LogP contribution in [0.2, 0.25) is 5.02 Å².